The molecule has 0 radical (unpaired) electrons. The summed E-state index contributed by atoms with van der Waals surface area (Å²) in [5.74, 6) is -0.430. The zero-order chi connectivity index (χ0) is 11.3. The van der Waals surface area contributed by atoms with E-state index in [1.165, 1.54) is 7.11 Å². The van der Waals surface area contributed by atoms with E-state index in [0.717, 1.165) is 11.3 Å². The number of rotatable bonds is 3. The first-order valence-electron chi connectivity index (χ1n) is 4.56. The first-order chi connectivity index (χ1) is 7.24. The van der Waals surface area contributed by atoms with Gasteiger partial charge in [0.05, 0.1) is 7.11 Å². The zero-order valence-electron chi connectivity index (χ0n) is 9.07. The lowest BCUT2D eigenvalue weighted by Gasteiger charge is -2.09. The quantitative estimate of drug-likeness (QED) is 0.599. The SMILES string of the molecule is CN=C(C(=O)OC)c1ccccc1NC. The monoisotopic (exact) mass is 206 g/mol. The first-order valence-corrected chi connectivity index (χ1v) is 4.56. The summed E-state index contributed by atoms with van der Waals surface area (Å²) in [6.45, 7) is 0. The van der Waals surface area contributed by atoms with Crippen LogP contribution in [0.3, 0.4) is 0 Å². The predicted octanol–water partition coefficient (Wildman–Crippen LogP) is 1.32. The number of anilines is 1. The topological polar surface area (TPSA) is 50.7 Å². The highest BCUT2D eigenvalue weighted by Gasteiger charge is 2.15. The Hall–Kier alpha value is -1.84. The van der Waals surface area contributed by atoms with E-state index in [9.17, 15) is 4.79 Å². The number of ether oxygens (including phenoxy) is 1. The van der Waals surface area contributed by atoms with Gasteiger partial charge in [0, 0.05) is 25.3 Å². The smallest absolute Gasteiger partial charge is 0.356 e. The number of nitrogens with zero attached hydrogens (tertiary/aromatic N) is 1. The Morgan fingerprint density at radius 3 is 2.60 bits per heavy atom. The largest absolute Gasteiger partial charge is 0.464 e. The van der Waals surface area contributed by atoms with E-state index in [2.05, 4.69) is 15.0 Å². The average Bonchev–Trinajstić information content (AvgIpc) is 2.30. The highest BCUT2D eigenvalue weighted by Crippen LogP contribution is 2.15. The second-order valence-electron chi connectivity index (χ2n) is 2.86. The minimum absolute atomic E-state index is 0.322. The van der Waals surface area contributed by atoms with E-state index < -0.39 is 5.97 Å². The average molecular weight is 206 g/mol. The Morgan fingerprint density at radius 2 is 2.07 bits per heavy atom. The molecule has 4 nitrogen and oxygen atoms in total. The summed E-state index contributed by atoms with van der Waals surface area (Å²) in [5.41, 5.74) is 1.92. The van der Waals surface area contributed by atoms with E-state index in [1.54, 1.807) is 14.1 Å². The fraction of sp³-hybridized carbons (Fsp3) is 0.273. The normalized spacial score (nSPS) is 11.0. The van der Waals surface area contributed by atoms with Gasteiger partial charge in [-0.1, -0.05) is 18.2 Å². The van der Waals surface area contributed by atoms with Gasteiger partial charge in [0.2, 0.25) is 0 Å². The second kappa shape index (κ2) is 5.14. The molecule has 0 fully saturated rings. The van der Waals surface area contributed by atoms with Gasteiger partial charge < -0.3 is 10.1 Å². The van der Waals surface area contributed by atoms with Crippen molar-refractivity contribution in [2.75, 3.05) is 26.5 Å². The fourth-order valence-corrected chi connectivity index (χ4v) is 1.33. The van der Waals surface area contributed by atoms with Gasteiger partial charge in [0.25, 0.3) is 0 Å². The molecule has 0 spiro atoms. The minimum Gasteiger partial charge on any atom is -0.464 e. The van der Waals surface area contributed by atoms with Gasteiger partial charge in [-0.25, -0.2) is 4.79 Å². The molecular formula is C11H14N2O2. The Balaban J connectivity index is 3.18. The third-order valence-corrected chi connectivity index (χ3v) is 2.05. The van der Waals surface area contributed by atoms with Crippen molar-refractivity contribution in [2.45, 2.75) is 0 Å². The standard InChI is InChI=1S/C11H14N2O2/c1-12-9-7-5-4-6-8(9)10(13-2)11(14)15-3/h4-7,12H,1-3H3. The number of carbonyl (C=O) groups excluding carboxylic acids is 1. The molecule has 0 atom stereocenters. The molecule has 0 aliphatic carbocycles. The number of aliphatic imine (C=N–C) groups is 1. The molecule has 0 aromatic heterocycles. The molecule has 1 aromatic carbocycles. The Bertz CT molecular complexity index is 386. The third kappa shape index (κ3) is 2.34. The van der Waals surface area contributed by atoms with Crippen molar-refractivity contribution in [1.29, 1.82) is 0 Å². The van der Waals surface area contributed by atoms with Crippen LogP contribution in [0.1, 0.15) is 5.56 Å². The maximum Gasteiger partial charge on any atom is 0.356 e. The van der Waals surface area contributed by atoms with Crippen molar-refractivity contribution in [3.8, 4) is 0 Å². The van der Waals surface area contributed by atoms with Crippen LogP contribution in [0.25, 0.3) is 0 Å². The maximum atomic E-state index is 11.4. The second-order valence-corrected chi connectivity index (χ2v) is 2.86. The number of hydrogen-bond acceptors (Lipinski definition) is 4. The molecule has 0 aliphatic heterocycles. The molecule has 0 saturated heterocycles. The number of carbonyl (C=O) groups is 1. The van der Waals surface area contributed by atoms with Gasteiger partial charge in [0.1, 0.15) is 0 Å². The lowest BCUT2D eigenvalue weighted by Crippen LogP contribution is -2.18. The number of benzene rings is 1. The van der Waals surface area contributed by atoms with Crippen molar-refractivity contribution in [1.82, 2.24) is 0 Å². The molecule has 0 unspecified atom stereocenters. The zero-order valence-corrected chi connectivity index (χ0v) is 9.07. The Labute approximate surface area is 89.0 Å². The van der Waals surface area contributed by atoms with Crippen molar-refractivity contribution in [3.63, 3.8) is 0 Å². The van der Waals surface area contributed by atoms with Crippen molar-refractivity contribution < 1.29 is 9.53 Å². The number of methoxy groups -OCH3 is 1. The van der Waals surface area contributed by atoms with Gasteiger partial charge in [-0.2, -0.15) is 0 Å². The number of para-hydroxylation sites is 1. The molecule has 1 aromatic rings. The van der Waals surface area contributed by atoms with Crippen LogP contribution in [0.15, 0.2) is 29.3 Å². The van der Waals surface area contributed by atoms with Gasteiger partial charge >= 0.3 is 5.97 Å². The van der Waals surface area contributed by atoms with Crippen LogP contribution in [-0.2, 0) is 9.53 Å². The van der Waals surface area contributed by atoms with E-state index in [0.29, 0.717) is 5.71 Å². The third-order valence-electron chi connectivity index (χ3n) is 2.05. The summed E-state index contributed by atoms with van der Waals surface area (Å²) in [5, 5.41) is 3.00. The lowest BCUT2D eigenvalue weighted by atomic mass is 10.1. The van der Waals surface area contributed by atoms with E-state index >= 15 is 0 Å². The molecule has 0 aliphatic rings. The van der Waals surface area contributed by atoms with Crippen LogP contribution in [0.2, 0.25) is 0 Å². The van der Waals surface area contributed by atoms with Crippen LogP contribution in [0.5, 0.6) is 0 Å². The number of esters is 1. The lowest BCUT2D eigenvalue weighted by molar-refractivity contribution is -0.132. The summed E-state index contributed by atoms with van der Waals surface area (Å²) in [6.07, 6.45) is 0. The van der Waals surface area contributed by atoms with Crippen LogP contribution in [0, 0.1) is 0 Å². The molecular weight excluding hydrogens is 192 g/mol. The summed E-state index contributed by atoms with van der Waals surface area (Å²) >= 11 is 0. The van der Waals surface area contributed by atoms with Gasteiger partial charge in [0.15, 0.2) is 5.71 Å². The molecule has 0 amide bonds. The van der Waals surface area contributed by atoms with Crippen molar-refractivity contribution in [3.05, 3.63) is 29.8 Å². The van der Waals surface area contributed by atoms with Crippen LogP contribution < -0.4 is 5.32 Å². The Kier molecular flexibility index (Phi) is 3.85. The fourth-order valence-electron chi connectivity index (χ4n) is 1.33. The van der Waals surface area contributed by atoms with E-state index in [1.807, 2.05) is 24.3 Å². The summed E-state index contributed by atoms with van der Waals surface area (Å²) in [6, 6.07) is 7.44. The van der Waals surface area contributed by atoms with Gasteiger partial charge in [-0.05, 0) is 6.07 Å². The maximum absolute atomic E-state index is 11.4. The van der Waals surface area contributed by atoms with Gasteiger partial charge in [-0.15, -0.1) is 0 Å². The van der Waals surface area contributed by atoms with Gasteiger partial charge in [-0.3, -0.25) is 4.99 Å². The molecule has 1 N–H and O–H groups in total. The van der Waals surface area contributed by atoms with Crippen molar-refractivity contribution >= 4 is 17.4 Å². The molecule has 15 heavy (non-hydrogen) atoms. The summed E-state index contributed by atoms with van der Waals surface area (Å²) < 4.78 is 4.66. The molecule has 4 heteroatoms. The number of hydrogen-bond donors (Lipinski definition) is 1. The van der Waals surface area contributed by atoms with Crippen LogP contribution in [0.4, 0.5) is 5.69 Å². The van der Waals surface area contributed by atoms with Crippen LogP contribution >= 0.6 is 0 Å². The van der Waals surface area contributed by atoms with Crippen LogP contribution in [-0.4, -0.2) is 32.9 Å². The number of nitrogens with one attached hydrogen (secondary N) is 1. The highest BCUT2D eigenvalue weighted by molar-refractivity contribution is 6.44. The Morgan fingerprint density at radius 1 is 1.40 bits per heavy atom. The molecule has 80 valence electrons. The van der Waals surface area contributed by atoms with Crippen molar-refractivity contribution in [2.24, 2.45) is 4.99 Å². The van der Waals surface area contributed by atoms with E-state index in [-0.39, 0.29) is 0 Å². The molecule has 0 saturated carbocycles. The highest BCUT2D eigenvalue weighted by atomic mass is 16.5. The first kappa shape index (κ1) is 11.2. The van der Waals surface area contributed by atoms with E-state index in [4.69, 9.17) is 0 Å². The summed E-state index contributed by atoms with van der Waals surface area (Å²) in [4.78, 5) is 15.4. The summed E-state index contributed by atoms with van der Waals surface area (Å²) in [7, 11) is 4.71. The minimum atomic E-state index is -0.430. The molecule has 0 bridgehead atoms. The molecule has 0 heterocycles. The predicted molar refractivity (Wildman–Crippen MR) is 60.5 cm³/mol. The molecule has 1 rings (SSSR count).